The van der Waals surface area contributed by atoms with Gasteiger partial charge in [0, 0.05) is 24.3 Å². The zero-order valence-electron chi connectivity index (χ0n) is 16.6. The lowest BCUT2D eigenvalue weighted by molar-refractivity contribution is -0.148. The molecule has 1 fully saturated rings. The van der Waals surface area contributed by atoms with Crippen molar-refractivity contribution in [3.63, 3.8) is 0 Å². The van der Waals surface area contributed by atoms with Crippen LogP contribution in [0, 0.1) is 11.7 Å². The molecule has 2 N–H and O–H groups in total. The molecular weight excluding hydrogens is 391 g/mol. The summed E-state index contributed by atoms with van der Waals surface area (Å²) in [5.74, 6) is -2.70. The van der Waals surface area contributed by atoms with Crippen LogP contribution in [0.1, 0.15) is 40.5 Å². The minimum Gasteiger partial charge on any atom is -0.478 e. The van der Waals surface area contributed by atoms with Crippen molar-refractivity contribution in [1.29, 1.82) is 0 Å². The highest BCUT2D eigenvalue weighted by Crippen LogP contribution is 2.28. The number of nitrogens with zero attached hydrogens (tertiary/aromatic N) is 1. The summed E-state index contributed by atoms with van der Waals surface area (Å²) in [4.78, 5) is 38.2. The van der Waals surface area contributed by atoms with E-state index in [2.05, 4.69) is 5.32 Å². The number of carboxylic acid groups (broad SMARTS) is 1. The van der Waals surface area contributed by atoms with E-state index >= 15 is 0 Å². The lowest BCUT2D eigenvalue weighted by atomic mass is 9.97. The Balaban J connectivity index is 1.79. The van der Waals surface area contributed by atoms with Gasteiger partial charge in [0.2, 0.25) is 0 Å². The maximum Gasteiger partial charge on any atom is 0.337 e. The molecule has 2 aromatic rings. The molecular formula is C22H23FN2O5. The van der Waals surface area contributed by atoms with Gasteiger partial charge in [-0.25, -0.2) is 9.18 Å². The summed E-state index contributed by atoms with van der Waals surface area (Å²) in [7, 11) is 0. The Labute approximate surface area is 173 Å². The highest BCUT2D eigenvalue weighted by molar-refractivity contribution is 6.08. The van der Waals surface area contributed by atoms with Crippen LogP contribution in [0.5, 0.6) is 0 Å². The second-order valence-corrected chi connectivity index (χ2v) is 7.03. The van der Waals surface area contributed by atoms with Gasteiger partial charge in [-0.15, -0.1) is 0 Å². The minimum atomic E-state index is -1.19. The highest BCUT2D eigenvalue weighted by Gasteiger charge is 2.27. The van der Waals surface area contributed by atoms with Crippen LogP contribution in [0.3, 0.4) is 0 Å². The Bertz CT molecular complexity index is 945. The Morgan fingerprint density at radius 2 is 1.93 bits per heavy atom. The number of piperidine rings is 1. The van der Waals surface area contributed by atoms with Crippen molar-refractivity contribution in [3.8, 4) is 0 Å². The molecule has 1 atom stereocenters. The SMILES string of the molecule is CCOC(=O)C1CCCN(c2ccc(NC(=O)c3ccc(F)cc3)c(C(=O)O)c2)C1. The van der Waals surface area contributed by atoms with E-state index in [9.17, 15) is 23.9 Å². The number of nitrogens with one attached hydrogen (secondary N) is 1. The van der Waals surface area contributed by atoms with Gasteiger partial charge >= 0.3 is 11.9 Å². The maximum absolute atomic E-state index is 13.0. The Hall–Kier alpha value is -3.42. The predicted molar refractivity (Wildman–Crippen MR) is 109 cm³/mol. The molecule has 1 heterocycles. The Morgan fingerprint density at radius 1 is 1.20 bits per heavy atom. The van der Waals surface area contributed by atoms with E-state index in [0.717, 1.165) is 25.0 Å². The van der Waals surface area contributed by atoms with Gasteiger partial charge < -0.3 is 20.1 Å². The van der Waals surface area contributed by atoms with E-state index in [1.54, 1.807) is 13.0 Å². The van der Waals surface area contributed by atoms with Crippen molar-refractivity contribution in [2.75, 3.05) is 29.9 Å². The van der Waals surface area contributed by atoms with Gasteiger partial charge in [-0.05, 0) is 62.2 Å². The van der Waals surface area contributed by atoms with Gasteiger partial charge in [0.25, 0.3) is 5.91 Å². The first-order chi connectivity index (χ1) is 14.4. The van der Waals surface area contributed by atoms with Gasteiger partial charge in [0.15, 0.2) is 0 Å². The maximum atomic E-state index is 13.0. The van der Waals surface area contributed by atoms with Crippen molar-refractivity contribution < 1.29 is 28.6 Å². The number of carbonyl (C=O) groups is 3. The van der Waals surface area contributed by atoms with Gasteiger partial charge in [-0.3, -0.25) is 9.59 Å². The van der Waals surface area contributed by atoms with E-state index in [1.165, 1.54) is 24.3 Å². The number of rotatable bonds is 6. The fraction of sp³-hybridized carbons (Fsp3) is 0.318. The van der Waals surface area contributed by atoms with E-state index in [4.69, 9.17) is 4.74 Å². The second-order valence-electron chi connectivity index (χ2n) is 7.03. The molecule has 1 amide bonds. The molecule has 1 aliphatic heterocycles. The third kappa shape index (κ3) is 4.94. The van der Waals surface area contributed by atoms with E-state index < -0.39 is 17.7 Å². The van der Waals surface area contributed by atoms with Gasteiger partial charge in [-0.2, -0.15) is 0 Å². The molecule has 1 aliphatic rings. The molecule has 0 aromatic heterocycles. The van der Waals surface area contributed by atoms with Crippen LogP contribution >= 0.6 is 0 Å². The highest BCUT2D eigenvalue weighted by atomic mass is 19.1. The zero-order valence-corrected chi connectivity index (χ0v) is 16.6. The summed E-state index contributed by atoms with van der Waals surface area (Å²) < 4.78 is 18.2. The standard InChI is InChI=1S/C22H23FN2O5/c1-2-30-22(29)15-4-3-11-25(13-15)17-9-10-19(18(12-17)21(27)28)24-20(26)14-5-7-16(23)8-6-14/h5-10,12,15H,2-4,11,13H2,1H3,(H,24,26)(H,27,28). The van der Waals surface area contributed by atoms with Gasteiger partial charge in [-0.1, -0.05) is 0 Å². The first kappa shape index (κ1) is 21.3. The number of anilines is 2. The van der Waals surface area contributed by atoms with E-state index in [1.807, 2.05) is 4.90 Å². The molecule has 3 rings (SSSR count). The quantitative estimate of drug-likeness (QED) is 0.702. The fourth-order valence-electron chi connectivity index (χ4n) is 3.47. The minimum absolute atomic E-state index is 0.0683. The number of halogens is 1. The van der Waals surface area contributed by atoms with Crippen LogP contribution < -0.4 is 10.2 Å². The summed E-state index contributed by atoms with van der Waals surface area (Å²) in [5, 5.41) is 12.2. The first-order valence-electron chi connectivity index (χ1n) is 9.75. The van der Waals surface area contributed by atoms with E-state index in [-0.39, 0.29) is 28.7 Å². The van der Waals surface area contributed by atoms with E-state index in [0.29, 0.717) is 25.4 Å². The molecule has 0 radical (unpaired) electrons. The number of esters is 1. The molecule has 1 saturated heterocycles. The summed E-state index contributed by atoms with van der Waals surface area (Å²) in [6, 6.07) is 9.68. The fourth-order valence-corrected chi connectivity index (χ4v) is 3.47. The van der Waals surface area contributed by atoms with Crippen LogP contribution in [-0.4, -0.2) is 42.6 Å². The molecule has 0 aliphatic carbocycles. The number of amides is 1. The summed E-state index contributed by atoms with van der Waals surface area (Å²) >= 11 is 0. The normalized spacial score (nSPS) is 16.1. The monoisotopic (exact) mass is 414 g/mol. The molecule has 30 heavy (non-hydrogen) atoms. The number of carbonyl (C=O) groups excluding carboxylic acids is 2. The van der Waals surface area contributed by atoms with Crippen molar-refractivity contribution in [2.45, 2.75) is 19.8 Å². The van der Waals surface area contributed by atoms with Crippen molar-refractivity contribution >= 4 is 29.2 Å². The van der Waals surface area contributed by atoms with Gasteiger partial charge in [0.05, 0.1) is 23.8 Å². The van der Waals surface area contributed by atoms with Crippen LogP contribution in [0.15, 0.2) is 42.5 Å². The summed E-state index contributed by atoms with van der Waals surface area (Å²) in [6.45, 7) is 3.22. The van der Waals surface area contributed by atoms with Crippen molar-refractivity contribution in [2.24, 2.45) is 5.92 Å². The number of aromatic carboxylic acids is 1. The molecule has 0 spiro atoms. The predicted octanol–water partition coefficient (Wildman–Crippen LogP) is 3.56. The average molecular weight is 414 g/mol. The molecule has 0 bridgehead atoms. The molecule has 2 aromatic carbocycles. The number of ether oxygens (including phenoxy) is 1. The number of hydrogen-bond acceptors (Lipinski definition) is 5. The van der Waals surface area contributed by atoms with Crippen LogP contribution in [0.2, 0.25) is 0 Å². The smallest absolute Gasteiger partial charge is 0.337 e. The number of benzene rings is 2. The van der Waals surface area contributed by atoms with Crippen molar-refractivity contribution in [1.82, 2.24) is 0 Å². The third-order valence-electron chi connectivity index (χ3n) is 4.99. The average Bonchev–Trinajstić information content (AvgIpc) is 2.74. The van der Waals surface area contributed by atoms with Crippen molar-refractivity contribution in [3.05, 3.63) is 59.4 Å². The van der Waals surface area contributed by atoms with Gasteiger partial charge in [0.1, 0.15) is 5.82 Å². The molecule has 0 saturated carbocycles. The van der Waals surface area contributed by atoms with Crippen LogP contribution in [-0.2, 0) is 9.53 Å². The summed E-state index contributed by atoms with van der Waals surface area (Å²) in [5.41, 5.74) is 0.937. The topological polar surface area (TPSA) is 95.9 Å². The number of carboxylic acids is 1. The lowest BCUT2D eigenvalue weighted by Gasteiger charge is -2.33. The second kappa shape index (κ2) is 9.39. The Kier molecular flexibility index (Phi) is 6.66. The molecule has 1 unspecified atom stereocenters. The first-order valence-corrected chi connectivity index (χ1v) is 9.75. The lowest BCUT2D eigenvalue weighted by Crippen LogP contribution is -2.39. The third-order valence-corrected chi connectivity index (χ3v) is 4.99. The van der Waals surface area contributed by atoms with Crippen LogP contribution in [0.25, 0.3) is 0 Å². The summed E-state index contributed by atoms with van der Waals surface area (Å²) in [6.07, 6.45) is 1.52. The molecule has 7 nitrogen and oxygen atoms in total. The Morgan fingerprint density at radius 3 is 2.60 bits per heavy atom. The molecule has 158 valence electrons. The zero-order chi connectivity index (χ0) is 21.7. The molecule has 8 heteroatoms. The van der Waals surface area contributed by atoms with Crippen LogP contribution in [0.4, 0.5) is 15.8 Å². The largest absolute Gasteiger partial charge is 0.478 e. The number of hydrogen-bond donors (Lipinski definition) is 2.